The zero-order valence-corrected chi connectivity index (χ0v) is 16.4. The van der Waals surface area contributed by atoms with E-state index in [9.17, 15) is 23.2 Å². The monoisotopic (exact) mass is 443 g/mol. The lowest BCUT2D eigenvalue weighted by Crippen LogP contribution is -2.33. The SMILES string of the molecule is N#Cc1cc2cc3c(cc2nc1NCCNC(=O)Nc1ccccc1C(F)(F)F)OCO3. The summed E-state index contributed by atoms with van der Waals surface area (Å²) in [6, 6.07) is 11.1. The van der Waals surface area contributed by atoms with Gasteiger partial charge in [0.05, 0.1) is 22.3 Å². The van der Waals surface area contributed by atoms with Crippen LogP contribution in [0.3, 0.4) is 0 Å². The van der Waals surface area contributed by atoms with E-state index in [1.165, 1.54) is 18.2 Å². The molecule has 4 rings (SSSR count). The highest BCUT2D eigenvalue weighted by Gasteiger charge is 2.33. The van der Waals surface area contributed by atoms with E-state index >= 15 is 0 Å². The topological polar surface area (TPSA) is 108 Å². The number of nitrogens with zero attached hydrogens (tertiary/aromatic N) is 2. The molecule has 1 aromatic heterocycles. The summed E-state index contributed by atoms with van der Waals surface area (Å²) < 4.78 is 49.7. The van der Waals surface area contributed by atoms with Crippen molar-refractivity contribution in [1.82, 2.24) is 10.3 Å². The number of benzene rings is 2. The van der Waals surface area contributed by atoms with Gasteiger partial charge in [-0.25, -0.2) is 9.78 Å². The number of halogens is 3. The van der Waals surface area contributed by atoms with Gasteiger partial charge in [-0.15, -0.1) is 0 Å². The van der Waals surface area contributed by atoms with Crippen LogP contribution < -0.4 is 25.4 Å². The quantitative estimate of drug-likeness (QED) is 0.513. The van der Waals surface area contributed by atoms with Crippen LogP contribution in [0.5, 0.6) is 11.5 Å². The van der Waals surface area contributed by atoms with Crippen molar-refractivity contribution in [3.05, 3.63) is 53.6 Å². The normalized spacial score (nSPS) is 12.3. The van der Waals surface area contributed by atoms with Crippen LogP contribution in [0.1, 0.15) is 11.1 Å². The molecular weight excluding hydrogens is 427 g/mol. The van der Waals surface area contributed by atoms with E-state index in [4.69, 9.17) is 9.47 Å². The van der Waals surface area contributed by atoms with Gasteiger partial charge in [0, 0.05) is 24.5 Å². The lowest BCUT2D eigenvalue weighted by atomic mass is 10.1. The van der Waals surface area contributed by atoms with Gasteiger partial charge in [0.15, 0.2) is 11.5 Å². The molecule has 1 aliphatic heterocycles. The molecular formula is C21H16F3N5O3. The number of anilines is 2. The number of aromatic nitrogens is 1. The maximum absolute atomic E-state index is 13.0. The highest BCUT2D eigenvalue weighted by atomic mass is 19.4. The summed E-state index contributed by atoms with van der Waals surface area (Å²) in [5.74, 6) is 1.44. The third-order valence-electron chi connectivity index (χ3n) is 4.61. The molecule has 32 heavy (non-hydrogen) atoms. The van der Waals surface area contributed by atoms with E-state index in [0.29, 0.717) is 33.8 Å². The number of carbonyl (C=O) groups excluding carboxylic acids is 1. The van der Waals surface area contributed by atoms with Crippen LogP contribution in [-0.2, 0) is 6.18 Å². The number of ether oxygens (including phenoxy) is 2. The molecule has 0 bridgehead atoms. The minimum atomic E-state index is -4.59. The van der Waals surface area contributed by atoms with E-state index in [1.807, 2.05) is 0 Å². The van der Waals surface area contributed by atoms with Crippen LogP contribution in [0.15, 0.2) is 42.5 Å². The second-order valence-corrected chi connectivity index (χ2v) is 6.75. The Hall–Kier alpha value is -4.20. The second kappa shape index (κ2) is 8.50. The molecule has 0 aliphatic carbocycles. The van der Waals surface area contributed by atoms with Crippen LogP contribution in [0.25, 0.3) is 10.9 Å². The minimum absolute atomic E-state index is 0.0751. The van der Waals surface area contributed by atoms with E-state index in [2.05, 4.69) is 27.0 Å². The molecule has 0 fully saturated rings. The fourth-order valence-corrected chi connectivity index (χ4v) is 3.15. The summed E-state index contributed by atoms with van der Waals surface area (Å²) >= 11 is 0. The molecule has 0 atom stereocenters. The molecule has 0 unspecified atom stereocenters. The van der Waals surface area contributed by atoms with Gasteiger partial charge in [-0.3, -0.25) is 0 Å². The molecule has 0 spiro atoms. The third-order valence-corrected chi connectivity index (χ3v) is 4.61. The molecule has 0 saturated heterocycles. The van der Waals surface area contributed by atoms with Crippen molar-refractivity contribution in [3.63, 3.8) is 0 Å². The zero-order valence-electron chi connectivity index (χ0n) is 16.4. The van der Waals surface area contributed by atoms with E-state index in [1.54, 1.807) is 18.2 Å². The van der Waals surface area contributed by atoms with Crippen molar-refractivity contribution in [2.75, 3.05) is 30.5 Å². The molecule has 0 saturated carbocycles. The Kier molecular flexibility index (Phi) is 5.59. The number of para-hydroxylation sites is 1. The summed E-state index contributed by atoms with van der Waals surface area (Å²) in [6.07, 6.45) is -4.59. The molecule has 2 aromatic carbocycles. The van der Waals surface area contributed by atoms with Gasteiger partial charge in [-0.05, 0) is 24.3 Å². The van der Waals surface area contributed by atoms with Crippen molar-refractivity contribution in [2.24, 2.45) is 0 Å². The number of pyridine rings is 1. The standard InChI is InChI=1S/C21H16F3N5O3/c22-21(23,24)14-3-1-2-4-15(14)29-20(30)27-6-5-26-19-13(10-25)7-12-8-17-18(32-11-31-17)9-16(12)28-19/h1-4,7-9H,5-6,11H2,(H,26,28)(H2,27,29,30). The maximum Gasteiger partial charge on any atom is 0.418 e. The van der Waals surface area contributed by atoms with Gasteiger partial charge in [0.25, 0.3) is 0 Å². The van der Waals surface area contributed by atoms with Gasteiger partial charge in [-0.2, -0.15) is 18.4 Å². The molecule has 2 amide bonds. The van der Waals surface area contributed by atoms with Gasteiger partial charge in [0.1, 0.15) is 11.9 Å². The number of amides is 2. The van der Waals surface area contributed by atoms with Gasteiger partial charge in [-0.1, -0.05) is 12.1 Å². The number of hydrogen-bond acceptors (Lipinski definition) is 6. The van der Waals surface area contributed by atoms with Crippen molar-refractivity contribution in [3.8, 4) is 17.6 Å². The number of urea groups is 1. The Morgan fingerprint density at radius 2 is 1.88 bits per heavy atom. The van der Waals surface area contributed by atoms with Crippen LogP contribution >= 0.6 is 0 Å². The predicted octanol–water partition coefficient (Wildman–Crippen LogP) is 4.09. The van der Waals surface area contributed by atoms with Crippen molar-refractivity contribution in [2.45, 2.75) is 6.18 Å². The molecule has 1 aliphatic rings. The predicted molar refractivity (Wildman–Crippen MR) is 110 cm³/mol. The van der Waals surface area contributed by atoms with E-state index < -0.39 is 17.8 Å². The first kappa shape index (κ1) is 21.0. The fourth-order valence-electron chi connectivity index (χ4n) is 3.15. The Morgan fingerprint density at radius 1 is 1.12 bits per heavy atom. The Bertz CT molecular complexity index is 1220. The summed E-state index contributed by atoms with van der Waals surface area (Å²) in [4.78, 5) is 16.4. The molecule has 0 radical (unpaired) electrons. The van der Waals surface area contributed by atoms with Gasteiger partial charge < -0.3 is 25.4 Å². The smallest absolute Gasteiger partial charge is 0.418 e. The number of fused-ring (bicyclic) bond motifs is 2. The maximum atomic E-state index is 13.0. The average Bonchev–Trinajstić information content (AvgIpc) is 3.21. The molecule has 2 heterocycles. The summed E-state index contributed by atoms with van der Waals surface area (Å²) in [7, 11) is 0. The number of carbonyl (C=O) groups is 1. The Morgan fingerprint density at radius 3 is 2.62 bits per heavy atom. The van der Waals surface area contributed by atoms with Crippen molar-refractivity contribution in [1.29, 1.82) is 5.26 Å². The summed E-state index contributed by atoms with van der Waals surface area (Å²) in [6.45, 7) is 0.376. The third kappa shape index (κ3) is 4.44. The van der Waals surface area contributed by atoms with Gasteiger partial charge in [0.2, 0.25) is 6.79 Å². The van der Waals surface area contributed by atoms with E-state index in [0.717, 1.165) is 6.07 Å². The highest BCUT2D eigenvalue weighted by molar-refractivity contribution is 5.90. The lowest BCUT2D eigenvalue weighted by molar-refractivity contribution is -0.136. The Labute approximate surface area is 180 Å². The molecule has 11 heteroatoms. The van der Waals surface area contributed by atoms with Crippen LogP contribution in [0, 0.1) is 11.3 Å². The minimum Gasteiger partial charge on any atom is -0.454 e. The van der Waals surface area contributed by atoms with Crippen molar-refractivity contribution >= 4 is 28.4 Å². The van der Waals surface area contributed by atoms with E-state index in [-0.39, 0.29) is 25.6 Å². The molecule has 3 aromatic rings. The number of rotatable bonds is 5. The van der Waals surface area contributed by atoms with Crippen molar-refractivity contribution < 1.29 is 27.4 Å². The van der Waals surface area contributed by atoms with Crippen LogP contribution in [0.4, 0.5) is 29.5 Å². The lowest BCUT2D eigenvalue weighted by Gasteiger charge is -2.14. The second-order valence-electron chi connectivity index (χ2n) is 6.75. The largest absolute Gasteiger partial charge is 0.454 e. The molecule has 164 valence electrons. The van der Waals surface area contributed by atoms with Gasteiger partial charge >= 0.3 is 12.2 Å². The number of hydrogen-bond donors (Lipinski definition) is 3. The first-order valence-electron chi connectivity index (χ1n) is 9.44. The number of nitrogens with one attached hydrogen (secondary N) is 3. The van der Waals surface area contributed by atoms with Crippen LogP contribution in [-0.4, -0.2) is 30.9 Å². The summed E-state index contributed by atoms with van der Waals surface area (Å²) in [5.41, 5.74) is -0.398. The average molecular weight is 443 g/mol. The number of nitriles is 1. The first-order valence-corrected chi connectivity index (χ1v) is 9.44. The Balaban J connectivity index is 1.37. The number of alkyl halides is 3. The summed E-state index contributed by atoms with van der Waals surface area (Å²) in [5, 5.41) is 17.7. The molecule has 8 nitrogen and oxygen atoms in total. The fraction of sp³-hybridized carbons (Fsp3) is 0.190. The van der Waals surface area contributed by atoms with Crippen LogP contribution in [0.2, 0.25) is 0 Å². The molecule has 3 N–H and O–H groups in total. The first-order chi connectivity index (χ1) is 15.3. The highest BCUT2D eigenvalue weighted by Crippen LogP contribution is 2.36. The zero-order chi connectivity index (χ0) is 22.7.